The molecule has 1 aliphatic carbocycles. The maximum atomic E-state index is 13.2. The van der Waals surface area contributed by atoms with E-state index in [4.69, 9.17) is 4.74 Å². The van der Waals surface area contributed by atoms with E-state index in [0.29, 0.717) is 29.2 Å². The van der Waals surface area contributed by atoms with Gasteiger partial charge in [0.15, 0.2) is 0 Å². The molecule has 220 valence electrons. The lowest BCUT2D eigenvalue weighted by Gasteiger charge is -2.40. The number of fused-ring (bicyclic) bond motifs is 3. The molecule has 8 nitrogen and oxygen atoms in total. The smallest absolute Gasteiger partial charge is 0.478 e. The van der Waals surface area contributed by atoms with Crippen molar-refractivity contribution in [3.8, 4) is 16.9 Å². The highest BCUT2D eigenvalue weighted by atomic mass is 19.4. The van der Waals surface area contributed by atoms with Crippen LogP contribution in [0.15, 0.2) is 48.9 Å². The van der Waals surface area contributed by atoms with Crippen molar-refractivity contribution in [1.82, 2.24) is 14.5 Å². The van der Waals surface area contributed by atoms with E-state index >= 15 is 0 Å². The number of carboxylic acids is 1. The topological polar surface area (TPSA) is 92.6 Å². The third kappa shape index (κ3) is 4.79. The molecule has 2 unspecified atom stereocenters. The Labute approximate surface area is 240 Å². The fourth-order valence-electron chi connectivity index (χ4n) is 6.98. The van der Waals surface area contributed by atoms with Crippen LogP contribution in [0.25, 0.3) is 22.0 Å². The molecule has 2 saturated heterocycles. The summed E-state index contributed by atoms with van der Waals surface area (Å²) in [5, 5.41) is 10.5. The van der Waals surface area contributed by atoms with Crippen LogP contribution in [-0.2, 0) is 18.4 Å². The molecule has 0 spiro atoms. The summed E-state index contributed by atoms with van der Waals surface area (Å²) in [5.41, 5.74) is 3.82. The second kappa shape index (κ2) is 10.1. The largest absolute Gasteiger partial charge is 0.573 e. The number of hydrogen-bond acceptors (Lipinski definition) is 5. The third-order valence-corrected chi connectivity index (χ3v) is 8.92. The molecule has 4 aromatic rings. The van der Waals surface area contributed by atoms with E-state index in [2.05, 4.69) is 19.6 Å². The second-order valence-corrected chi connectivity index (χ2v) is 11.6. The van der Waals surface area contributed by atoms with Crippen molar-refractivity contribution >= 4 is 22.7 Å². The Balaban J connectivity index is 1.12. The SMILES string of the molecule is Cn1ccc2c(N3C4CCC3CC(OCc3c(-c5ccccc5OC(F)(F)F)c[nH]c3C3CC3)C4)ncc(C(=O)O)c21. The fourth-order valence-corrected chi connectivity index (χ4v) is 6.98. The summed E-state index contributed by atoms with van der Waals surface area (Å²) in [6.07, 6.45) is 5.93. The maximum absolute atomic E-state index is 13.2. The van der Waals surface area contributed by atoms with Crippen LogP contribution >= 0.6 is 0 Å². The second-order valence-electron chi connectivity index (χ2n) is 11.6. The number of carboxylic acid groups (broad SMARTS) is 1. The Kier molecular flexibility index (Phi) is 6.45. The van der Waals surface area contributed by atoms with Crippen molar-refractivity contribution in [1.29, 1.82) is 0 Å². The Morgan fingerprint density at radius 3 is 2.52 bits per heavy atom. The minimum Gasteiger partial charge on any atom is -0.478 e. The number of aromatic carboxylic acids is 1. The quantitative estimate of drug-likeness (QED) is 0.239. The predicted octanol–water partition coefficient (Wildman–Crippen LogP) is 6.76. The molecule has 3 aliphatic rings. The van der Waals surface area contributed by atoms with Crippen LogP contribution in [0.5, 0.6) is 5.75 Å². The van der Waals surface area contributed by atoms with Crippen LogP contribution in [0.1, 0.15) is 66.1 Å². The Hall–Kier alpha value is -3.99. The molecule has 5 heterocycles. The molecule has 3 aromatic heterocycles. The van der Waals surface area contributed by atoms with Gasteiger partial charge in [0.25, 0.3) is 0 Å². The first-order valence-electron chi connectivity index (χ1n) is 14.3. The average molecular weight is 581 g/mol. The third-order valence-electron chi connectivity index (χ3n) is 8.92. The summed E-state index contributed by atoms with van der Waals surface area (Å²) in [6, 6.07) is 8.57. The van der Waals surface area contributed by atoms with Crippen molar-refractivity contribution in [2.24, 2.45) is 7.05 Å². The van der Waals surface area contributed by atoms with E-state index in [-0.39, 0.29) is 29.5 Å². The first-order valence-corrected chi connectivity index (χ1v) is 14.3. The standard InChI is InChI=1S/C31H31F3N4O4/c1-37-11-10-22-28(37)24(30(39)40)15-36-29(22)38-18-8-9-19(38)13-20(12-18)41-16-25-23(14-35-27(25)17-6-7-17)21-4-2-3-5-26(21)42-31(32,33)34/h2-5,10-11,14-15,17-20,35H,6-9,12-13,16H2,1H3,(H,39,40). The van der Waals surface area contributed by atoms with Crippen LogP contribution in [0, 0.1) is 0 Å². The number of aromatic amines is 1. The van der Waals surface area contributed by atoms with E-state index < -0.39 is 12.3 Å². The number of nitrogens with zero attached hydrogens (tertiary/aromatic N) is 3. The Morgan fingerprint density at radius 2 is 1.83 bits per heavy atom. The van der Waals surface area contributed by atoms with Crippen molar-refractivity contribution in [2.45, 2.75) is 75.6 Å². The number of pyridine rings is 1. The molecule has 3 fully saturated rings. The average Bonchev–Trinajstić information content (AvgIpc) is 3.51. The number of aromatic nitrogens is 3. The summed E-state index contributed by atoms with van der Waals surface area (Å²) in [5.74, 6) is -0.0585. The molecule has 1 saturated carbocycles. The molecule has 2 aliphatic heterocycles. The molecule has 1 aromatic carbocycles. The molecule has 7 rings (SSSR count). The minimum absolute atomic E-state index is 0.0141. The number of rotatable bonds is 8. The van der Waals surface area contributed by atoms with Crippen LogP contribution < -0.4 is 9.64 Å². The zero-order valence-corrected chi connectivity index (χ0v) is 23.0. The first kappa shape index (κ1) is 26.9. The molecule has 2 bridgehead atoms. The summed E-state index contributed by atoms with van der Waals surface area (Å²) >= 11 is 0. The van der Waals surface area contributed by atoms with Crippen LogP contribution in [-0.4, -0.2) is 50.2 Å². The lowest BCUT2D eigenvalue weighted by atomic mass is 9.98. The highest BCUT2D eigenvalue weighted by molar-refractivity contribution is 6.05. The van der Waals surface area contributed by atoms with Gasteiger partial charge in [0.1, 0.15) is 17.1 Å². The molecule has 0 radical (unpaired) electrons. The van der Waals surface area contributed by atoms with Gasteiger partial charge < -0.3 is 29.0 Å². The van der Waals surface area contributed by atoms with E-state index in [1.165, 1.54) is 18.3 Å². The van der Waals surface area contributed by atoms with Crippen molar-refractivity contribution in [3.05, 3.63) is 65.7 Å². The normalized spacial score (nSPS) is 22.2. The summed E-state index contributed by atoms with van der Waals surface area (Å²) in [4.78, 5) is 22.1. The van der Waals surface area contributed by atoms with Gasteiger partial charge in [-0.3, -0.25) is 0 Å². The number of ether oxygens (including phenoxy) is 2. The van der Waals surface area contributed by atoms with E-state index in [1.807, 2.05) is 23.9 Å². The van der Waals surface area contributed by atoms with Crippen LogP contribution in [0.3, 0.4) is 0 Å². The monoisotopic (exact) mass is 580 g/mol. The molecular weight excluding hydrogens is 549 g/mol. The number of para-hydroxylation sites is 1. The zero-order valence-electron chi connectivity index (χ0n) is 23.0. The summed E-state index contributed by atoms with van der Waals surface area (Å²) in [7, 11) is 1.84. The number of halogens is 3. The number of H-pyrrole nitrogens is 1. The molecule has 2 N–H and O–H groups in total. The lowest BCUT2D eigenvalue weighted by Crippen LogP contribution is -2.46. The molecular formula is C31H31F3N4O4. The van der Waals surface area contributed by atoms with Gasteiger partial charge >= 0.3 is 12.3 Å². The van der Waals surface area contributed by atoms with Gasteiger partial charge in [-0.2, -0.15) is 0 Å². The number of piperidine rings is 1. The van der Waals surface area contributed by atoms with Gasteiger partial charge in [0, 0.05) is 65.5 Å². The highest BCUT2D eigenvalue weighted by Gasteiger charge is 2.43. The zero-order chi connectivity index (χ0) is 29.2. The Bertz CT molecular complexity index is 1640. The van der Waals surface area contributed by atoms with Crippen LogP contribution in [0.2, 0.25) is 0 Å². The lowest BCUT2D eigenvalue weighted by molar-refractivity contribution is -0.274. The highest BCUT2D eigenvalue weighted by Crippen LogP contribution is 2.47. The minimum atomic E-state index is -4.79. The van der Waals surface area contributed by atoms with E-state index in [0.717, 1.165) is 61.0 Å². The summed E-state index contributed by atoms with van der Waals surface area (Å²) in [6.45, 7) is 0.295. The van der Waals surface area contributed by atoms with Crippen molar-refractivity contribution < 1.29 is 32.5 Å². The number of carbonyl (C=O) groups is 1. The van der Waals surface area contributed by atoms with Gasteiger partial charge in [-0.25, -0.2) is 9.78 Å². The van der Waals surface area contributed by atoms with Gasteiger partial charge in [-0.15, -0.1) is 13.2 Å². The van der Waals surface area contributed by atoms with Crippen LogP contribution in [0.4, 0.5) is 19.0 Å². The maximum Gasteiger partial charge on any atom is 0.573 e. The fraction of sp³-hybridized carbons (Fsp3) is 0.419. The van der Waals surface area contributed by atoms with E-state index in [9.17, 15) is 23.1 Å². The van der Waals surface area contributed by atoms with Crippen molar-refractivity contribution in [3.63, 3.8) is 0 Å². The number of aryl methyl sites for hydroxylation is 1. The predicted molar refractivity (Wildman–Crippen MR) is 150 cm³/mol. The van der Waals surface area contributed by atoms with E-state index in [1.54, 1.807) is 18.3 Å². The van der Waals surface area contributed by atoms with Gasteiger partial charge in [-0.1, -0.05) is 18.2 Å². The molecule has 2 atom stereocenters. The van der Waals surface area contributed by atoms with Gasteiger partial charge in [0.2, 0.25) is 0 Å². The van der Waals surface area contributed by atoms with Gasteiger partial charge in [0.05, 0.1) is 18.2 Å². The summed E-state index contributed by atoms with van der Waals surface area (Å²) < 4.78 is 52.2. The molecule has 42 heavy (non-hydrogen) atoms. The molecule has 11 heteroatoms. The number of nitrogens with one attached hydrogen (secondary N) is 1. The molecule has 0 amide bonds. The number of anilines is 1. The van der Waals surface area contributed by atoms with Gasteiger partial charge in [-0.05, 0) is 56.6 Å². The Morgan fingerprint density at radius 1 is 1.10 bits per heavy atom. The number of benzene rings is 1. The first-order chi connectivity index (χ1) is 20.2. The van der Waals surface area contributed by atoms with Crippen molar-refractivity contribution in [2.75, 3.05) is 4.90 Å². The number of hydrogen-bond donors (Lipinski definition) is 2. The number of alkyl halides is 3.